The maximum Gasteiger partial charge on any atom is 1.00 e. The zero-order valence-corrected chi connectivity index (χ0v) is 10.7. The third-order valence-corrected chi connectivity index (χ3v) is 1.83. The summed E-state index contributed by atoms with van der Waals surface area (Å²) in [5, 5.41) is 20.7. The van der Waals surface area contributed by atoms with Gasteiger partial charge in [-0.1, -0.05) is 48.5 Å². The Morgan fingerprint density at radius 3 is 1.16 bits per heavy atom. The van der Waals surface area contributed by atoms with E-state index in [1.54, 1.807) is 0 Å². The van der Waals surface area contributed by atoms with Gasteiger partial charge in [-0.3, -0.25) is 0 Å². The summed E-state index contributed by atoms with van der Waals surface area (Å²) in [5.41, 5.74) is 0. The second kappa shape index (κ2) is 10.5. The van der Waals surface area contributed by atoms with Crippen LogP contribution in [-0.2, 0) is 4.74 Å². The van der Waals surface area contributed by atoms with Gasteiger partial charge in [0.25, 0.3) is 12.3 Å². The van der Waals surface area contributed by atoms with Gasteiger partial charge in [-0.25, -0.2) is 0 Å². The van der Waals surface area contributed by atoms with Crippen molar-refractivity contribution in [3.8, 4) is 0 Å². The number of fused-ring (bicyclic) bond motifs is 1. The molecule has 2 rings (SSSR count). The van der Waals surface area contributed by atoms with Crippen LogP contribution in [0.1, 0.15) is 0 Å². The number of benzene rings is 2. The van der Waals surface area contributed by atoms with Gasteiger partial charge in [0.05, 0.1) is 0 Å². The van der Waals surface area contributed by atoms with E-state index >= 15 is 0 Å². The van der Waals surface area contributed by atoms with Gasteiger partial charge in [0, 0.05) is 0 Å². The Morgan fingerprint density at radius 1 is 0.737 bits per heavy atom. The van der Waals surface area contributed by atoms with Crippen molar-refractivity contribution in [1.82, 2.24) is 0 Å². The first-order valence-corrected chi connectivity index (χ1v) is 4.63. The van der Waals surface area contributed by atoms with E-state index < -0.39 is 12.3 Å². The monoisotopic (exact) mass is 246 g/mol. The van der Waals surface area contributed by atoms with E-state index in [4.69, 9.17) is 19.8 Å². The maximum absolute atomic E-state index is 9.06. The Morgan fingerprint density at radius 2 is 1.00 bits per heavy atom. The van der Waals surface area contributed by atoms with Crippen molar-refractivity contribution in [2.24, 2.45) is 0 Å². The summed E-state index contributed by atoms with van der Waals surface area (Å²) in [6.07, 6.45) is -4.25. The van der Waals surface area contributed by atoms with Crippen molar-refractivity contribution >= 4 is 23.1 Å². The Balaban J connectivity index is 0. The molecule has 0 amide bonds. The fraction of sp³-hybridized carbons (Fsp3) is 0. The van der Waals surface area contributed by atoms with Crippen LogP contribution in [0.2, 0.25) is 0 Å². The molecule has 88 valence electrons. The summed E-state index contributed by atoms with van der Waals surface area (Å²) in [6.45, 7) is 0. The van der Waals surface area contributed by atoms with Gasteiger partial charge in [0.15, 0.2) is 0 Å². The van der Waals surface area contributed by atoms with Gasteiger partial charge < -0.3 is 24.5 Å². The molecule has 2 aromatic rings. The predicted octanol–water partition coefficient (Wildman–Crippen LogP) is -5.46. The Labute approximate surface area is 133 Å². The average molecular weight is 246 g/mol. The fourth-order valence-electron chi connectivity index (χ4n) is 1.20. The van der Waals surface area contributed by atoms with Crippen LogP contribution >= 0.6 is 0 Å². The van der Waals surface area contributed by atoms with Crippen molar-refractivity contribution in [3.63, 3.8) is 0 Å². The minimum atomic E-state index is -2.12. The van der Waals surface area contributed by atoms with E-state index in [1.807, 2.05) is 0 Å². The van der Waals surface area contributed by atoms with E-state index in [1.165, 1.54) is 10.8 Å². The smallest absolute Gasteiger partial charge is 0.483 e. The number of hydrogen-bond acceptors (Lipinski definition) is 5. The second-order valence-corrected chi connectivity index (χ2v) is 2.95. The fourth-order valence-corrected chi connectivity index (χ4v) is 1.20. The molecule has 0 saturated heterocycles. The molecule has 0 saturated carbocycles. The topological polar surface area (TPSA) is 89.5 Å². The van der Waals surface area contributed by atoms with E-state index in [-0.39, 0.29) is 37.7 Å². The predicted molar refractivity (Wildman–Crippen MR) is 55.8 cm³/mol. The number of carbonyl (C=O) groups excluding carboxylic acids is 2. The minimum Gasteiger partial charge on any atom is -0.483 e. The van der Waals surface area contributed by atoms with E-state index in [0.29, 0.717) is 0 Å². The number of rotatable bonds is 0. The summed E-state index contributed by atoms with van der Waals surface area (Å²) in [4.78, 5) is 18.1. The Hall–Kier alpha value is -1.37. The maximum atomic E-state index is 9.06. The second-order valence-electron chi connectivity index (χ2n) is 2.95. The molecule has 2 aromatic carbocycles. The first-order valence-electron chi connectivity index (χ1n) is 4.63. The van der Waals surface area contributed by atoms with Gasteiger partial charge in [-0.05, 0) is 10.8 Å². The summed E-state index contributed by atoms with van der Waals surface area (Å²) in [6, 6.07) is 16.7. The molecule has 0 aliphatic carbocycles. The Kier molecular flexibility index (Phi) is 11.1. The van der Waals surface area contributed by atoms with Crippen molar-refractivity contribution < 1.29 is 62.3 Å². The van der Waals surface area contributed by atoms with Gasteiger partial charge in [-0.2, -0.15) is 0 Å². The molecule has 19 heavy (non-hydrogen) atoms. The van der Waals surface area contributed by atoms with Crippen molar-refractivity contribution in [3.05, 3.63) is 48.5 Å². The molecule has 0 N–H and O–H groups in total. The van der Waals surface area contributed by atoms with Gasteiger partial charge in [0.2, 0.25) is 0 Å². The quantitative estimate of drug-likeness (QED) is 0.263. The third kappa shape index (κ3) is 8.37. The molecule has 0 aliphatic heterocycles. The van der Waals surface area contributed by atoms with Crippen molar-refractivity contribution in [1.29, 1.82) is 0 Å². The number of ether oxygens (including phenoxy) is 1. The summed E-state index contributed by atoms with van der Waals surface area (Å²) in [5.74, 6) is 0. The summed E-state index contributed by atoms with van der Waals surface area (Å²) >= 11 is 0. The van der Waals surface area contributed by atoms with E-state index in [0.717, 1.165) is 0 Å². The molecule has 0 unspecified atom stereocenters. The number of hydrogen-bond donors (Lipinski definition) is 0. The Bertz CT molecular complexity index is 453. The van der Waals surface area contributed by atoms with Gasteiger partial charge >= 0.3 is 37.7 Å². The van der Waals surface area contributed by atoms with Crippen LogP contribution in [-0.4, -0.2) is 12.3 Å². The van der Waals surface area contributed by atoms with Crippen molar-refractivity contribution in [2.45, 2.75) is 0 Å². The molecular formula is C12H8Li2O5. The number of carbonyl (C=O) groups is 2. The van der Waals surface area contributed by atoms with Crippen LogP contribution in [0.15, 0.2) is 48.5 Å². The van der Waals surface area contributed by atoms with Crippen LogP contribution in [0.4, 0.5) is 9.59 Å². The molecule has 0 fully saturated rings. The SMILES string of the molecule is O=C([O-])OC(=O)[O-].[Li+].[Li+].c1ccc2ccccc2c1. The van der Waals surface area contributed by atoms with Crippen molar-refractivity contribution in [2.75, 3.05) is 0 Å². The molecule has 0 aliphatic rings. The summed E-state index contributed by atoms with van der Waals surface area (Å²) in [7, 11) is 0. The first kappa shape index (κ1) is 20.0. The molecule has 5 nitrogen and oxygen atoms in total. The molecular weight excluding hydrogens is 238 g/mol. The third-order valence-electron chi connectivity index (χ3n) is 1.83. The van der Waals surface area contributed by atoms with E-state index in [2.05, 4.69) is 53.3 Å². The molecule has 0 atom stereocenters. The van der Waals surface area contributed by atoms with Crippen LogP contribution < -0.4 is 47.9 Å². The molecule has 7 heteroatoms. The van der Waals surface area contributed by atoms with Gasteiger partial charge in [0.1, 0.15) is 0 Å². The molecule has 0 radical (unpaired) electrons. The molecule has 0 aromatic heterocycles. The zero-order valence-electron chi connectivity index (χ0n) is 10.7. The van der Waals surface area contributed by atoms with Crippen LogP contribution in [0.5, 0.6) is 0 Å². The largest absolute Gasteiger partial charge is 1.00 e. The first-order chi connectivity index (χ1) is 8.09. The van der Waals surface area contributed by atoms with Gasteiger partial charge in [-0.15, -0.1) is 0 Å². The van der Waals surface area contributed by atoms with Crippen LogP contribution in [0.3, 0.4) is 0 Å². The normalized spacial score (nSPS) is 8.00. The molecule has 0 heterocycles. The molecule has 0 spiro atoms. The minimum absolute atomic E-state index is 0. The number of carboxylic acid groups (broad SMARTS) is 2. The average Bonchev–Trinajstić information content (AvgIpc) is 2.28. The zero-order chi connectivity index (χ0) is 12.7. The van der Waals surface area contributed by atoms with Crippen LogP contribution in [0.25, 0.3) is 10.8 Å². The van der Waals surface area contributed by atoms with E-state index in [9.17, 15) is 0 Å². The standard InChI is InChI=1S/C10H8.C2H2O5.2Li/c1-2-6-10-8-4-3-7-9(10)5-1;3-1(4)7-2(5)6;;/h1-8H;(H,3,4)(H,5,6);;/q;;2*+1/p-2. The van der Waals surface area contributed by atoms with Crippen LogP contribution in [0, 0.1) is 0 Å². The molecule has 0 bridgehead atoms. The summed E-state index contributed by atoms with van der Waals surface area (Å²) < 4.78 is 2.86.